The van der Waals surface area contributed by atoms with Crippen LogP contribution in [0.25, 0.3) is 0 Å². The molecule has 1 atom stereocenters. The average molecular weight is 884 g/mol. The van der Waals surface area contributed by atoms with Crippen LogP contribution in [0.1, 0.15) is 174 Å². The zero-order valence-electron chi connectivity index (χ0n) is 38.4. The quantitative estimate of drug-likeness (QED) is 0.0375. The summed E-state index contributed by atoms with van der Waals surface area (Å²) < 4.78 is 21.8. The molecule has 0 aliphatic rings. The van der Waals surface area contributed by atoms with Crippen LogP contribution in [0.4, 0.5) is 0 Å². The molecule has 0 unspecified atom stereocenters. The van der Waals surface area contributed by atoms with Gasteiger partial charge in [0.1, 0.15) is 18.2 Å². The number of ether oxygens (including phenoxy) is 4. The van der Waals surface area contributed by atoms with E-state index >= 15 is 0 Å². The highest BCUT2D eigenvalue weighted by Crippen LogP contribution is 2.17. The van der Waals surface area contributed by atoms with Gasteiger partial charge in [0.25, 0.3) is 0 Å². The minimum atomic E-state index is -1.05. The van der Waals surface area contributed by atoms with Crippen molar-refractivity contribution >= 4 is 35.3 Å². The normalized spacial score (nSPS) is 11.6. The molecule has 0 aromatic carbocycles. The topological polar surface area (TPSA) is 216 Å². The Morgan fingerprint density at radius 1 is 0.468 bits per heavy atom. The molecule has 360 valence electrons. The molecule has 0 aliphatic carbocycles. The largest absolute Gasteiger partial charge is 0.481 e. The van der Waals surface area contributed by atoms with Crippen LogP contribution in [0.15, 0.2) is 12.3 Å². The van der Waals surface area contributed by atoms with Crippen molar-refractivity contribution in [2.45, 2.75) is 174 Å². The Morgan fingerprint density at radius 3 is 1.40 bits per heavy atom. The maximum Gasteiger partial charge on any atom is 0.306 e. The highest BCUT2D eigenvalue weighted by atomic mass is 16.5. The number of carboxylic acids is 2. The molecular formula is C47H85N3O12. The summed E-state index contributed by atoms with van der Waals surface area (Å²) in [6, 6.07) is 0. The summed E-state index contributed by atoms with van der Waals surface area (Å²) >= 11 is 0. The summed E-state index contributed by atoms with van der Waals surface area (Å²) in [6.45, 7) is 9.26. The highest BCUT2D eigenvalue weighted by molar-refractivity contribution is 5.84. The van der Waals surface area contributed by atoms with E-state index in [1.807, 2.05) is 6.92 Å². The number of carbonyl (C=O) groups excluding carboxylic acids is 4. The number of nitrogens with one attached hydrogen (secondary N) is 3. The van der Waals surface area contributed by atoms with E-state index < -0.39 is 17.9 Å². The Balaban J connectivity index is 3.62. The zero-order valence-corrected chi connectivity index (χ0v) is 38.4. The van der Waals surface area contributed by atoms with Crippen molar-refractivity contribution in [3.8, 4) is 0 Å². The Kier molecular flexibility index (Phi) is 41.8. The van der Waals surface area contributed by atoms with Gasteiger partial charge in [-0.25, -0.2) is 0 Å². The van der Waals surface area contributed by atoms with Crippen molar-refractivity contribution in [1.82, 2.24) is 16.0 Å². The Morgan fingerprint density at radius 2 is 0.903 bits per heavy atom. The molecule has 15 nitrogen and oxygen atoms in total. The Bertz CT molecular complexity index is 1190. The predicted octanol–water partition coefficient (Wildman–Crippen LogP) is 7.47. The first kappa shape index (κ1) is 58.6. The first-order chi connectivity index (χ1) is 30.0. The van der Waals surface area contributed by atoms with Gasteiger partial charge < -0.3 is 45.1 Å². The number of hydrogen-bond acceptors (Lipinski definition) is 11. The van der Waals surface area contributed by atoms with Gasteiger partial charge in [-0.15, -0.1) is 0 Å². The van der Waals surface area contributed by atoms with Gasteiger partial charge in [0, 0.05) is 63.9 Å². The second kappa shape index (κ2) is 44.2. The lowest BCUT2D eigenvalue weighted by atomic mass is 9.94. The summed E-state index contributed by atoms with van der Waals surface area (Å²) in [5, 5.41) is 26.8. The van der Waals surface area contributed by atoms with Crippen LogP contribution in [0, 0.1) is 5.92 Å². The molecule has 0 aliphatic heterocycles. The van der Waals surface area contributed by atoms with E-state index in [1.165, 1.54) is 77.0 Å². The molecule has 2 amide bonds. The smallest absolute Gasteiger partial charge is 0.306 e. The molecule has 0 radical (unpaired) electrons. The first-order valence-corrected chi connectivity index (χ1v) is 23.8. The molecule has 0 bridgehead atoms. The van der Waals surface area contributed by atoms with Crippen LogP contribution in [-0.4, -0.2) is 118 Å². The number of carbonyl (C=O) groups is 6. The summed E-state index contributed by atoms with van der Waals surface area (Å²) in [6.07, 6.45) is 23.4. The van der Waals surface area contributed by atoms with Gasteiger partial charge in [-0.2, -0.15) is 0 Å². The minimum Gasteiger partial charge on any atom is -0.481 e. The molecule has 0 saturated carbocycles. The third-order valence-corrected chi connectivity index (χ3v) is 10.4. The van der Waals surface area contributed by atoms with Gasteiger partial charge in [-0.1, -0.05) is 116 Å². The van der Waals surface area contributed by atoms with E-state index in [9.17, 15) is 33.9 Å². The van der Waals surface area contributed by atoms with Gasteiger partial charge in [-0.05, 0) is 25.7 Å². The van der Waals surface area contributed by atoms with E-state index in [1.54, 1.807) is 0 Å². The number of unbranched alkanes of at least 4 members (excludes halogenated alkanes) is 17. The zero-order chi connectivity index (χ0) is 45.7. The molecule has 0 aromatic rings. The van der Waals surface area contributed by atoms with Gasteiger partial charge in [0.15, 0.2) is 0 Å². The Labute approximate surface area is 372 Å². The van der Waals surface area contributed by atoms with Gasteiger partial charge >= 0.3 is 11.9 Å². The van der Waals surface area contributed by atoms with Crippen molar-refractivity contribution in [2.24, 2.45) is 5.92 Å². The van der Waals surface area contributed by atoms with Gasteiger partial charge in [0.2, 0.25) is 11.8 Å². The van der Waals surface area contributed by atoms with Crippen LogP contribution in [0.5, 0.6) is 0 Å². The van der Waals surface area contributed by atoms with E-state index in [4.69, 9.17) is 24.1 Å². The number of hydrogen-bond donors (Lipinski definition) is 5. The molecule has 62 heavy (non-hydrogen) atoms. The van der Waals surface area contributed by atoms with Gasteiger partial charge in [0.05, 0.1) is 52.2 Å². The fraction of sp³-hybridized carbons (Fsp3) is 0.830. The second-order valence-corrected chi connectivity index (χ2v) is 16.1. The van der Waals surface area contributed by atoms with Crippen LogP contribution >= 0.6 is 0 Å². The van der Waals surface area contributed by atoms with E-state index in [0.717, 1.165) is 38.5 Å². The van der Waals surface area contributed by atoms with Crippen molar-refractivity contribution in [1.29, 1.82) is 0 Å². The lowest BCUT2D eigenvalue weighted by molar-refractivity contribution is -0.144. The van der Waals surface area contributed by atoms with Crippen LogP contribution < -0.4 is 16.0 Å². The van der Waals surface area contributed by atoms with E-state index in [0.29, 0.717) is 83.9 Å². The lowest BCUT2D eigenvalue weighted by Crippen LogP contribution is -2.29. The standard InChI is InChI=1S/C47H85N3O12/c1-3-42(51)24-22-28-49-45(54)39-62-36-34-59-31-29-48-40(2)38-61-35-33-60-32-30-50-44(53)27-26-41(47(57)58)37-43(52)23-20-18-16-14-12-10-8-6-4-5-7-9-11-13-15-17-19-21-25-46(55)56/h41,48H,2-39H2,1H3,(H,49,54)(H,50,53)(H,55,56)(H,57,58)/t41-/m1/s1. The number of ketones is 2. The lowest BCUT2D eigenvalue weighted by Gasteiger charge is -2.12. The fourth-order valence-corrected chi connectivity index (χ4v) is 6.67. The number of amides is 2. The van der Waals surface area contributed by atoms with Crippen LogP contribution in [0.2, 0.25) is 0 Å². The molecule has 0 heterocycles. The summed E-state index contributed by atoms with van der Waals surface area (Å²) in [5.74, 6) is -2.96. The maximum atomic E-state index is 12.5. The highest BCUT2D eigenvalue weighted by Gasteiger charge is 2.22. The van der Waals surface area contributed by atoms with Gasteiger partial charge in [-0.3, -0.25) is 28.8 Å². The minimum absolute atomic E-state index is 0.0325. The summed E-state index contributed by atoms with van der Waals surface area (Å²) in [4.78, 5) is 70.0. The monoisotopic (exact) mass is 884 g/mol. The second-order valence-electron chi connectivity index (χ2n) is 16.1. The van der Waals surface area contributed by atoms with Crippen LogP contribution in [-0.2, 0) is 47.7 Å². The molecule has 5 N–H and O–H groups in total. The first-order valence-electron chi connectivity index (χ1n) is 23.8. The third kappa shape index (κ3) is 43.3. The average Bonchev–Trinajstić information content (AvgIpc) is 3.24. The van der Waals surface area contributed by atoms with Crippen molar-refractivity contribution in [3.63, 3.8) is 0 Å². The molecule has 0 rings (SSSR count). The molecule has 0 saturated heterocycles. The van der Waals surface area contributed by atoms with E-state index in [-0.39, 0.29) is 69.0 Å². The molecule has 15 heteroatoms. The van der Waals surface area contributed by atoms with E-state index in [2.05, 4.69) is 22.5 Å². The Hall–Kier alpha value is -3.40. The van der Waals surface area contributed by atoms with Crippen molar-refractivity contribution in [3.05, 3.63) is 12.3 Å². The number of aliphatic carboxylic acids is 2. The number of Topliss-reactive ketones (excluding diaryl/α,β-unsaturated/α-hetero) is 2. The molecule has 0 spiro atoms. The summed E-state index contributed by atoms with van der Waals surface area (Å²) in [5.41, 5.74) is 0.689. The maximum absolute atomic E-state index is 12.5. The predicted molar refractivity (Wildman–Crippen MR) is 241 cm³/mol. The number of rotatable bonds is 49. The van der Waals surface area contributed by atoms with Crippen molar-refractivity contribution < 1.29 is 57.9 Å². The molecule has 0 aromatic heterocycles. The SMILES string of the molecule is C=C(COCCOCCNC(=O)CC[C@H](CC(=O)CCCCCCCCCCCCCCCCCCCCC(=O)O)C(=O)O)NCCOCCOCC(=O)NCCCC(=O)CC. The fourth-order valence-electron chi connectivity index (χ4n) is 6.67. The molecule has 0 fully saturated rings. The van der Waals surface area contributed by atoms with Crippen LogP contribution in [0.3, 0.4) is 0 Å². The summed E-state index contributed by atoms with van der Waals surface area (Å²) in [7, 11) is 0. The number of carboxylic acid groups (broad SMARTS) is 2. The molecular weight excluding hydrogens is 799 g/mol. The van der Waals surface area contributed by atoms with Crippen molar-refractivity contribution in [2.75, 3.05) is 72.5 Å². The third-order valence-electron chi connectivity index (χ3n) is 10.4.